The van der Waals surface area contributed by atoms with Crippen LogP contribution in [0.25, 0.3) is 0 Å². The molecule has 0 spiro atoms. The third kappa shape index (κ3) is 2.50. The number of benzene rings is 1. The highest BCUT2D eigenvalue weighted by molar-refractivity contribution is 9.10. The van der Waals surface area contributed by atoms with Crippen molar-refractivity contribution in [3.05, 3.63) is 22.2 Å². The van der Waals surface area contributed by atoms with Crippen molar-refractivity contribution in [2.24, 2.45) is 11.8 Å². The van der Waals surface area contributed by atoms with E-state index in [0.717, 1.165) is 21.9 Å². The number of methoxy groups -OCH3 is 2. The molecule has 100 valence electrons. The van der Waals surface area contributed by atoms with Crippen molar-refractivity contribution >= 4 is 15.9 Å². The molecule has 0 aromatic heterocycles. The van der Waals surface area contributed by atoms with Gasteiger partial charge in [0.1, 0.15) is 0 Å². The van der Waals surface area contributed by atoms with Gasteiger partial charge in [0.05, 0.1) is 14.2 Å². The number of nitrogens with one attached hydrogen (secondary N) is 1. The minimum Gasteiger partial charge on any atom is -0.493 e. The third-order valence-electron chi connectivity index (χ3n) is 3.75. The van der Waals surface area contributed by atoms with Gasteiger partial charge in [0.15, 0.2) is 11.5 Å². The van der Waals surface area contributed by atoms with E-state index in [1.807, 2.05) is 13.1 Å². The van der Waals surface area contributed by atoms with E-state index in [9.17, 15) is 0 Å². The first kappa shape index (κ1) is 13.7. The second-order valence-corrected chi connectivity index (χ2v) is 5.73. The average molecular weight is 314 g/mol. The maximum Gasteiger partial charge on any atom is 0.161 e. The summed E-state index contributed by atoms with van der Waals surface area (Å²) in [5.74, 6) is 3.04. The molecule has 3 unspecified atom stereocenters. The van der Waals surface area contributed by atoms with Gasteiger partial charge in [0, 0.05) is 10.5 Å². The van der Waals surface area contributed by atoms with E-state index in [2.05, 4.69) is 34.2 Å². The second kappa shape index (κ2) is 5.49. The van der Waals surface area contributed by atoms with Gasteiger partial charge in [-0.3, -0.25) is 0 Å². The van der Waals surface area contributed by atoms with Gasteiger partial charge in [-0.15, -0.1) is 0 Å². The number of halogens is 1. The first-order chi connectivity index (χ1) is 8.62. The first-order valence-electron chi connectivity index (χ1n) is 6.21. The smallest absolute Gasteiger partial charge is 0.161 e. The van der Waals surface area contributed by atoms with Gasteiger partial charge in [-0.2, -0.15) is 0 Å². The molecule has 1 fully saturated rings. The van der Waals surface area contributed by atoms with E-state index in [-0.39, 0.29) is 0 Å². The molecule has 18 heavy (non-hydrogen) atoms. The lowest BCUT2D eigenvalue weighted by molar-refractivity contribution is 0.353. The highest BCUT2D eigenvalue weighted by atomic mass is 79.9. The Kier molecular flexibility index (Phi) is 4.17. The normalized spacial score (nSPS) is 23.6. The van der Waals surface area contributed by atoms with Crippen LogP contribution in [0.2, 0.25) is 0 Å². The zero-order valence-electron chi connectivity index (χ0n) is 11.3. The van der Waals surface area contributed by atoms with Crippen molar-refractivity contribution in [2.45, 2.75) is 19.4 Å². The highest BCUT2D eigenvalue weighted by Gasteiger charge is 2.40. The third-order valence-corrected chi connectivity index (χ3v) is 4.44. The van der Waals surface area contributed by atoms with E-state index < -0.39 is 0 Å². The molecule has 3 nitrogen and oxygen atoms in total. The van der Waals surface area contributed by atoms with E-state index in [4.69, 9.17) is 9.47 Å². The molecule has 0 bridgehead atoms. The minimum absolute atomic E-state index is 0.370. The molecule has 0 saturated heterocycles. The Hall–Kier alpha value is -0.740. The molecule has 0 heterocycles. The summed E-state index contributed by atoms with van der Waals surface area (Å²) in [6.45, 7) is 2.30. The number of hydrogen-bond acceptors (Lipinski definition) is 3. The summed E-state index contributed by atoms with van der Waals surface area (Å²) in [7, 11) is 5.34. The zero-order valence-corrected chi connectivity index (χ0v) is 12.9. The number of hydrogen-bond donors (Lipinski definition) is 1. The lowest BCUT2D eigenvalue weighted by atomic mass is 10.0. The van der Waals surface area contributed by atoms with Gasteiger partial charge in [0.25, 0.3) is 0 Å². The van der Waals surface area contributed by atoms with Crippen molar-refractivity contribution in [2.75, 3.05) is 21.3 Å². The molecule has 0 amide bonds. The summed E-state index contributed by atoms with van der Waals surface area (Å²) in [5, 5.41) is 3.41. The Labute approximate surface area is 117 Å². The lowest BCUT2D eigenvalue weighted by Crippen LogP contribution is -2.19. The summed E-state index contributed by atoms with van der Waals surface area (Å²) in [4.78, 5) is 0. The van der Waals surface area contributed by atoms with Gasteiger partial charge in [-0.25, -0.2) is 0 Å². The lowest BCUT2D eigenvalue weighted by Gasteiger charge is -2.20. The maximum absolute atomic E-state index is 5.38. The van der Waals surface area contributed by atoms with Crippen LogP contribution in [-0.2, 0) is 0 Å². The molecule has 1 N–H and O–H groups in total. The first-order valence-corrected chi connectivity index (χ1v) is 7.00. The largest absolute Gasteiger partial charge is 0.493 e. The Morgan fingerprint density at radius 3 is 2.28 bits per heavy atom. The quantitative estimate of drug-likeness (QED) is 0.904. The van der Waals surface area contributed by atoms with Crippen LogP contribution >= 0.6 is 15.9 Å². The van der Waals surface area contributed by atoms with Crippen LogP contribution in [0, 0.1) is 11.8 Å². The van der Waals surface area contributed by atoms with Crippen molar-refractivity contribution in [1.82, 2.24) is 5.32 Å². The molecule has 1 aliphatic carbocycles. The number of ether oxygens (including phenoxy) is 2. The van der Waals surface area contributed by atoms with E-state index in [1.165, 1.54) is 12.0 Å². The van der Waals surface area contributed by atoms with Crippen molar-refractivity contribution in [3.63, 3.8) is 0 Å². The maximum atomic E-state index is 5.38. The summed E-state index contributed by atoms with van der Waals surface area (Å²) in [6.07, 6.45) is 1.28. The van der Waals surface area contributed by atoms with Crippen molar-refractivity contribution in [1.29, 1.82) is 0 Å². The summed E-state index contributed by atoms with van der Waals surface area (Å²) in [5.41, 5.74) is 1.24. The molecule has 0 aliphatic heterocycles. The zero-order chi connectivity index (χ0) is 13.3. The van der Waals surface area contributed by atoms with Gasteiger partial charge < -0.3 is 14.8 Å². The van der Waals surface area contributed by atoms with Gasteiger partial charge in [-0.1, -0.05) is 22.9 Å². The van der Waals surface area contributed by atoms with Crippen LogP contribution in [0.1, 0.15) is 24.9 Å². The molecule has 0 radical (unpaired) electrons. The second-order valence-electron chi connectivity index (χ2n) is 4.87. The molecule has 1 aromatic rings. The van der Waals surface area contributed by atoms with Crippen LogP contribution < -0.4 is 14.8 Å². The van der Waals surface area contributed by atoms with Gasteiger partial charge in [-0.05, 0) is 43.0 Å². The van der Waals surface area contributed by atoms with E-state index >= 15 is 0 Å². The molecular weight excluding hydrogens is 294 g/mol. The molecule has 3 atom stereocenters. The average Bonchev–Trinajstić information content (AvgIpc) is 3.08. The van der Waals surface area contributed by atoms with Crippen LogP contribution in [-0.4, -0.2) is 21.3 Å². The van der Waals surface area contributed by atoms with Crippen LogP contribution in [0.3, 0.4) is 0 Å². The van der Waals surface area contributed by atoms with Gasteiger partial charge in [0.2, 0.25) is 0 Å². The van der Waals surface area contributed by atoms with Crippen LogP contribution in [0.5, 0.6) is 11.5 Å². The molecule has 1 aliphatic rings. The fourth-order valence-electron chi connectivity index (χ4n) is 2.52. The predicted molar refractivity (Wildman–Crippen MR) is 76.3 cm³/mol. The van der Waals surface area contributed by atoms with E-state index in [0.29, 0.717) is 12.0 Å². The van der Waals surface area contributed by atoms with Crippen LogP contribution in [0.15, 0.2) is 16.6 Å². The highest BCUT2D eigenvalue weighted by Crippen LogP contribution is 2.49. The Morgan fingerprint density at radius 1 is 1.28 bits per heavy atom. The van der Waals surface area contributed by atoms with Crippen molar-refractivity contribution < 1.29 is 9.47 Å². The Morgan fingerprint density at radius 2 is 1.83 bits per heavy atom. The minimum atomic E-state index is 0.370. The van der Waals surface area contributed by atoms with E-state index in [1.54, 1.807) is 14.2 Å². The van der Waals surface area contributed by atoms with Crippen LogP contribution in [0.4, 0.5) is 0 Å². The molecule has 1 saturated carbocycles. The number of rotatable bonds is 5. The van der Waals surface area contributed by atoms with Gasteiger partial charge >= 0.3 is 0 Å². The summed E-state index contributed by atoms with van der Waals surface area (Å²) in [6, 6.07) is 4.41. The topological polar surface area (TPSA) is 30.5 Å². The summed E-state index contributed by atoms with van der Waals surface area (Å²) < 4.78 is 11.8. The Bertz CT molecular complexity index is 436. The molecular formula is C14H20BrNO2. The monoisotopic (exact) mass is 313 g/mol. The molecule has 1 aromatic carbocycles. The standard InChI is InChI=1S/C14H20BrNO2/c1-8-5-9(8)14(16-2)10-6-12(17-3)13(18-4)7-11(10)15/h6-9,14,16H,5H2,1-4H3. The predicted octanol–water partition coefficient (Wildman–Crippen LogP) is 3.38. The SMILES string of the molecule is CNC(c1cc(OC)c(OC)cc1Br)C1CC1C. The fraction of sp³-hybridized carbons (Fsp3) is 0.571. The molecule has 2 rings (SSSR count). The van der Waals surface area contributed by atoms with Crippen molar-refractivity contribution in [3.8, 4) is 11.5 Å². The Balaban J connectivity index is 2.37. The fourth-order valence-corrected chi connectivity index (χ4v) is 3.09. The molecule has 4 heteroatoms. The summed E-state index contributed by atoms with van der Waals surface area (Å²) >= 11 is 3.63.